The summed E-state index contributed by atoms with van der Waals surface area (Å²) in [5.74, 6) is 1.54. The van der Waals surface area contributed by atoms with Crippen LogP contribution in [0.2, 0.25) is 0 Å². The Balaban J connectivity index is 1.70. The van der Waals surface area contributed by atoms with Gasteiger partial charge in [0.15, 0.2) is 0 Å². The van der Waals surface area contributed by atoms with Crippen LogP contribution in [0.5, 0.6) is 11.5 Å². The number of H-pyrrole nitrogens is 1. The minimum Gasteiger partial charge on any atom is -0.497 e. The van der Waals surface area contributed by atoms with E-state index in [2.05, 4.69) is 28.8 Å². The molecule has 6 heteroatoms. The van der Waals surface area contributed by atoms with Crippen molar-refractivity contribution in [2.24, 2.45) is 0 Å². The molecule has 1 amide bonds. The molecule has 1 aromatic heterocycles. The monoisotopic (exact) mass is 399 g/mol. The van der Waals surface area contributed by atoms with E-state index in [1.54, 1.807) is 14.2 Å². The maximum Gasteiger partial charge on any atom is 0.270 e. The summed E-state index contributed by atoms with van der Waals surface area (Å²) in [7, 11) is 5.46. The number of methoxy groups -OCH3 is 2. The molecule has 4 rings (SSSR count). The predicted octanol–water partition coefficient (Wildman–Crippen LogP) is 4.05. The van der Waals surface area contributed by atoms with Crippen LogP contribution in [-0.4, -0.2) is 66.6 Å². The lowest BCUT2D eigenvalue weighted by molar-refractivity contribution is 0.0494. The quantitative estimate of drug-likeness (QED) is 0.824. The van der Waals surface area contributed by atoms with Gasteiger partial charge < -0.3 is 24.3 Å². The Kier molecular flexibility index (Phi) is 5.47. The largest absolute Gasteiger partial charge is 0.497 e. The Morgan fingerprint density at radius 1 is 1.21 bits per heavy atom. The summed E-state index contributed by atoms with van der Waals surface area (Å²) in [5.41, 5.74) is 1.50. The number of ether oxygens (including phenoxy) is 2. The van der Waals surface area contributed by atoms with Crippen molar-refractivity contribution in [3.8, 4) is 11.5 Å². The molecular formula is C23H33N3O3. The number of nitrogens with zero attached hydrogens (tertiary/aromatic N) is 2. The van der Waals surface area contributed by atoms with Gasteiger partial charge in [-0.1, -0.05) is 26.2 Å². The second-order valence-corrected chi connectivity index (χ2v) is 8.61. The van der Waals surface area contributed by atoms with E-state index < -0.39 is 0 Å². The van der Waals surface area contributed by atoms with Gasteiger partial charge >= 0.3 is 0 Å². The first kappa shape index (κ1) is 20.1. The van der Waals surface area contributed by atoms with Crippen LogP contribution in [0.4, 0.5) is 0 Å². The molecular weight excluding hydrogens is 366 g/mol. The van der Waals surface area contributed by atoms with Crippen LogP contribution >= 0.6 is 0 Å². The van der Waals surface area contributed by atoms with Crippen LogP contribution in [0.3, 0.4) is 0 Å². The summed E-state index contributed by atoms with van der Waals surface area (Å²) in [5, 5.41) is 0.913. The minimum absolute atomic E-state index is 0.00248. The first-order chi connectivity index (χ1) is 14.0. The first-order valence-corrected chi connectivity index (χ1v) is 10.8. The molecule has 29 heavy (non-hydrogen) atoms. The van der Waals surface area contributed by atoms with Gasteiger partial charge in [0.1, 0.15) is 17.2 Å². The molecule has 2 aromatic rings. The number of hydrogen-bond donors (Lipinski definition) is 1. The van der Waals surface area contributed by atoms with E-state index in [0.29, 0.717) is 23.2 Å². The highest BCUT2D eigenvalue weighted by Crippen LogP contribution is 2.44. The molecule has 6 nitrogen and oxygen atoms in total. The van der Waals surface area contributed by atoms with Crippen LogP contribution < -0.4 is 9.47 Å². The van der Waals surface area contributed by atoms with E-state index in [1.165, 1.54) is 19.3 Å². The summed E-state index contributed by atoms with van der Waals surface area (Å²) in [6.07, 6.45) is 7.02. The van der Waals surface area contributed by atoms with Gasteiger partial charge in [-0.05, 0) is 38.9 Å². The van der Waals surface area contributed by atoms with Crippen molar-refractivity contribution in [2.75, 3.05) is 34.4 Å². The molecule has 1 saturated heterocycles. The second kappa shape index (κ2) is 7.90. The van der Waals surface area contributed by atoms with Gasteiger partial charge in [0.2, 0.25) is 0 Å². The Bertz CT molecular complexity index is 885. The molecule has 2 aliphatic rings. The molecule has 158 valence electrons. The molecule has 1 saturated carbocycles. The molecule has 1 atom stereocenters. The van der Waals surface area contributed by atoms with Crippen LogP contribution in [0, 0.1) is 0 Å². The number of hydrogen-bond acceptors (Lipinski definition) is 4. The third kappa shape index (κ3) is 3.48. The van der Waals surface area contributed by atoms with Crippen molar-refractivity contribution in [1.29, 1.82) is 0 Å². The zero-order chi connectivity index (χ0) is 20.6. The Labute approximate surface area is 173 Å². The van der Waals surface area contributed by atoms with Crippen LogP contribution in [0.15, 0.2) is 18.2 Å². The fraction of sp³-hybridized carbons (Fsp3) is 0.609. The summed E-state index contributed by atoms with van der Waals surface area (Å²) >= 11 is 0. The number of likely N-dealkylation sites (N-methyl/N-ethyl adjacent to an activating group) is 1. The maximum absolute atomic E-state index is 13.7. The van der Waals surface area contributed by atoms with Crippen molar-refractivity contribution in [1.82, 2.24) is 14.8 Å². The second-order valence-electron chi connectivity index (χ2n) is 8.61. The lowest BCUT2D eigenvalue weighted by Crippen LogP contribution is -2.48. The lowest BCUT2D eigenvalue weighted by atomic mass is 9.79. The van der Waals surface area contributed by atoms with E-state index in [9.17, 15) is 4.79 Å². The molecule has 1 spiro atoms. The first-order valence-electron chi connectivity index (χ1n) is 10.8. The molecule has 2 heterocycles. The average Bonchev–Trinajstić information content (AvgIpc) is 3.34. The lowest BCUT2D eigenvalue weighted by Gasteiger charge is -2.41. The van der Waals surface area contributed by atoms with Gasteiger partial charge in [0, 0.05) is 35.6 Å². The maximum atomic E-state index is 13.7. The summed E-state index contributed by atoms with van der Waals surface area (Å²) in [6, 6.07) is 6.14. The third-order valence-electron chi connectivity index (χ3n) is 7.09. The van der Waals surface area contributed by atoms with E-state index >= 15 is 0 Å². The van der Waals surface area contributed by atoms with Gasteiger partial charge in [0.05, 0.1) is 19.7 Å². The summed E-state index contributed by atoms with van der Waals surface area (Å²) in [4.78, 5) is 21.6. The smallest absolute Gasteiger partial charge is 0.270 e. The summed E-state index contributed by atoms with van der Waals surface area (Å²) in [6.45, 7) is 4.00. The Morgan fingerprint density at radius 2 is 1.97 bits per heavy atom. The average molecular weight is 400 g/mol. The fourth-order valence-corrected chi connectivity index (χ4v) is 5.28. The summed E-state index contributed by atoms with van der Waals surface area (Å²) < 4.78 is 10.9. The molecule has 0 bridgehead atoms. The molecule has 0 radical (unpaired) electrons. The Hall–Kier alpha value is -2.21. The van der Waals surface area contributed by atoms with Gasteiger partial charge in [-0.3, -0.25) is 4.79 Å². The highest BCUT2D eigenvalue weighted by molar-refractivity contribution is 6.00. The number of aromatic amines is 1. The number of benzene rings is 1. The third-order valence-corrected chi connectivity index (χ3v) is 7.09. The SMILES string of the molecule is CCN(C)[C@H]1CN(C(=O)c2cc3c(OC)cc(OC)cc3[nH]2)C2(CCCCC2)C1. The molecule has 0 unspecified atom stereocenters. The predicted molar refractivity (Wildman–Crippen MR) is 115 cm³/mol. The molecule has 1 N–H and O–H groups in total. The van der Waals surface area contributed by atoms with Gasteiger partial charge in [-0.25, -0.2) is 0 Å². The minimum atomic E-state index is 0.00248. The van der Waals surface area contributed by atoms with Gasteiger partial charge in [-0.15, -0.1) is 0 Å². The molecule has 1 aliphatic heterocycles. The van der Waals surface area contributed by atoms with Crippen molar-refractivity contribution in [3.05, 3.63) is 23.9 Å². The topological polar surface area (TPSA) is 57.8 Å². The molecule has 2 fully saturated rings. The Morgan fingerprint density at radius 3 is 2.62 bits per heavy atom. The van der Waals surface area contributed by atoms with Crippen molar-refractivity contribution in [2.45, 2.75) is 57.0 Å². The number of nitrogens with one attached hydrogen (secondary N) is 1. The van der Waals surface area contributed by atoms with Crippen LogP contribution in [0.25, 0.3) is 10.9 Å². The van der Waals surface area contributed by atoms with Crippen molar-refractivity contribution < 1.29 is 14.3 Å². The number of fused-ring (bicyclic) bond motifs is 1. The number of carbonyl (C=O) groups excluding carboxylic acids is 1. The number of rotatable bonds is 5. The zero-order valence-corrected chi connectivity index (χ0v) is 18.1. The number of likely N-dealkylation sites (tertiary alicyclic amines) is 1. The molecule has 1 aromatic carbocycles. The van der Waals surface area contributed by atoms with Crippen molar-refractivity contribution >= 4 is 16.8 Å². The normalized spacial score (nSPS) is 21.3. The van der Waals surface area contributed by atoms with Crippen molar-refractivity contribution in [3.63, 3.8) is 0 Å². The fourth-order valence-electron chi connectivity index (χ4n) is 5.28. The number of amides is 1. The zero-order valence-electron chi connectivity index (χ0n) is 18.1. The highest BCUT2D eigenvalue weighted by Gasteiger charge is 2.49. The van der Waals surface area contributed by atoms with E-state index in [1.807, 2.05) is 18.2 Å². The molecule has 1 aliphatic carbocycles. The number of aromatic nitrogens is 1. The van der Waals surface area contributed by atoms with E-state index in [-0.39, 0.29) is 11.4 Å². The standard InChI is InChI=1S/C23H33N3O3/c1-5-25(2)16-14-23(9-7-6-8-10-23)26(15-16)22(27)20-13-18-19(24-20)11-17(28-3)12-21(18)29-4/h11-13,16,24H,5-10,14-15H2,1-4H3/t16-/m1/s1. The van der Waals surface area contributed by atoms with Crippen LogP contribution in [0.1, 0.15) is 55.9 Å². The highest BCUT2D eigenvalue weighted by atomic mass is 16.5. The van der Waals surface area contributed by atoms with Gasteiger partial charge in [-0.2, -0.15) is 0 Å². The van der Waals surface area contributed by atoms with E-state index in [0.717, 1.165) is 43.3 Å². The van der Waals surface area contributed by atoms with Crippen LogP contribution in [-0.2, 0) is 0 Å². The van der Waals surface area contributed by atoms with E-state index in [4.69, 9.17) is 9.47 Å². The number of carbonyl (C=O) groups is 1. The van der Waals surface area contributed by atoms with Gasteiger partial charge in [0.25, 0.3) is 5.91 Å².